The Morgan fingerprint density at radius 2 is 1.89 bits per heavy atom. The Hall–Kier alpha value is -2.69. The fourth-order valence-corrected chi connectivity index (χ4v) is 4.61. The Balaban J connectivity index is 1.47. The molecule has 5 heteroatoms. The van der Waals surface area contributed by atoms with E-state index in [4.69, 9.17) is 0 Å². The smallest absolute Gasteiger partial charge is 0.253 e. The molecule has 1 aromatic carbocycles. The van der Waals surface area contributed by atoms with Crippen molar-refractivity contribution in [3.05, 3.63) is 53.7 Å². The van der Waals surface area contributed by atoms with Crippen molar-refractivity contribution in [1.82, 2.24) is 15.6 Å². The maximum absolute atomic E-state index is 12.6. The van der Waals surface area contributed by atoms with Crippen molar-refractivity contribution in [2.75, 3.05) is 6.54 Å². The Morgan fingerprint density at radius 3 is 2.57 bits per heavy atom. The van der Waals surface area contributed by atoms with E-state index in [1.165, 1.54) is 19.3 Å². The number of nitrogens with one attached hydrogen (secondary N) is 2. The van der Waals surface area contributed by atoms with Crippen molar-refractivity contribution in [1.29, 1.82) is 0 Å². The molecule has 2 aliphatic rings. The number of carbonyl (C=O) groups excluding carboxylic acids is 2. The highest BCUT2D eigenvalue weighted by atomic mass is 16.2. The van der Waals surface area contributed by atoms with Crippen LogP contribution >= 0.6 is 0 Å². The predicted molar refractivity (Wildman–Crippen MR) is 109 cm³/mol. The molecule has 4 rings (SSSR count). The second kappa shape index (κ2) is 8.13. The van der Waals surface area contributed by atoms with Crippen LogP contribution in [0.1, 0.15) is 59.7 Å². The van der Waals surface area contributed by atoms with E-state index < -0.39 is 0 Å². The van der Waals surface area contributed by atoms with Crippen LogP contribution in [0.4, 0.5) is 0 Å². The van der Waals surface area contributed by atoms with Gasteiger partial charge in [0.1, 0.15) is 0 Å². The van der Waals surface area contributed by atoms with Gasteiger partial charge in [-0.25, -0.2) is 0 Å². The van der Waals surface area contributed by atoms with Crippen LogP contribution in [0.3, 0.4) is 0 Å². The number of amides is 2. The minimum absolute atomic E-state index is 0.00830. The second-order valence-corrected chi connectivity index (χ2v) is 7.99. The highest BCUT2D eigenvalue weighted by Crippen LogP contribution is 2.44. The van der Waals surface area contributed by atoms with E-state index in [0.29, 0.717) is 35.3 Å². The van der Waals surface area contributed by atoms with Gasteiger partial charge in [0, 0.05) is 29.9 Å². The molecule has 28 heavy (non-hydrogen) atoms. The number of benzene rings is 1. The summed E-state index contributed by atoms with van der Waals surface area (Å²) in [5.74, 6) is 1.33. The maximum atomic E-state index is 12.6. The number of rotatable bonds is 6. The molecule has 2 fully saturated rings. The van der Waals surface area contributed by atoms with E-state index in [2.05, 4.69) is 15.6 Å². The lowest BCUT2D eigenvalue weighted by Crippen LogP contribution is -2.38. The van der Waals surface area contributed by atoms with Gasteiger partial charge in [-0.05, 0) is 61.8 Å². The van der Waals surface area contributed by atoms with Crippen LogP contribution in [0.5, 0.6) is 0 Å². The van der Waals surface area contributed by atoms with Crippen molar-refractivity contribution in [3.63, 3.8) is 0 Å². The molecule has 0 aliphatic heterocycles. The Bertz CT molecular complexity index is 862. The lowest BCUT2D eigenvalue weighted by molar-refractivity contribution is 0.0920. The predicted octanol–water partition coefficient (Wildman–Crippen LogP) is 3.81. The molecule has 0 saturated heterocycles. The van der Waals surface area contributed by atoms with Crippen LogP contribution in [0.15, 0.2) is 42.6 Å². The molecule has 0 radical (unpaired) electrons. The first-order valence-corrected chi connectivity index (χ1v) is 10.3. The van der Waals surface area contributed by atoms with Crippen LogP contribution in [-0.4, -0.2) is 29.4 Å². The zero-order valence-electron chi connectivity index (χ0n) is 16.3. The molecule has 2 saturated carbocycles. The van der Waals surface area contributed by atoms with Crippen LogP contribution in [0.25, 0.3) is 11.3 Å². The van der Waals surface area contributed by atoms with Gasteiger partial charge in [-0.15, -0.1) is 0 Å². The molecular weight excluding hydrogens is 350 g/mol. The first-order valence-electron chi connectivity index (χ1n) is 10.3. The second-order valence-electron chi connectivity index (χ2n) is 7.99. The topological polar surface area (TPSA) is 71.1 Å². The fourth-order valence-electron chi connectivity index (χ4n) is 4.61. The Kier molecular flexibility index (Phi) is 5.42. The summed E-state index contributed by atoms with van der Waals surface area (Å²) in [6, 6.07) is 11.3. The van der Waals surface area contributed by atoms with Gasteiger partial charge in [-0.3, -0.25) is 14.6 Å². The van der Waals surface area contributed by atoms with E-state index in [-0.39, 0.29) is 11.8 Å². The first kappa shape index (κ1) is 18.7. The van der Waals surface area contributed by atoms with E-state index in [1.807, 2.05) is 31.2 Å². The van der Waals surface area contributed by atoms with Gasteiger partial charge in [0.05, 0.1) is 11.3 Å². The van der Waals surface area contributed by atoms with Gasteiger partial charge in [0.15, 0.2) is 0 Å². The summed E-state index contributed by atoms with van der Waals surface area (Å²) in [4.78, 5) is 29.4. The third kappa shape index (κ3) is 3.79. The van der Waals surface area contributed by atoms with Gasteiger partial charge in [-0.2, -0.15) is 0 Å². The Labute approximate surface area is 165 Å². The Morgan fingerprint density at radius 1 is 1.07 bits per heavy atom. The first-order chi connectivity index (χ1) is 13.7. The molecule has 3 atom stereocenters. The van der Waals surface area contributed by atoms with Crippen LogP contribution in [-0.2, 0) is 0 Å². The summed E-state index contributed by atoms with van der Waals surface area (Å²) in [7, 11) is 0. The molecule has 2 bridgehead atoms. The molecule has 0 unspecified atom stereocenters. The van der Waals surface area contributed by atoms with Crippen molar-refractivity contribution in [2.24, 2.45) is 11.8 Å². The molecule has 2 aliphatic carbocycles. The number of nitrogens with zero attached hydrogens (tertiary/aromatic N) is 1. The molecular formula is C23H27N3O2. The quantitative estimate of drug-likeness (QED) is 0.804. The summed E-state index contributed by atoms with van der Waals surface area (Å²) >= 11 is 0. The average molecular weight is 377 g/mol. The maximum Gasteiger partial charge on any atom is 0.253 e. The van der Waals surface area contributed by atoms with Crippen LogP contribution in [0.2, 0.25) is 0 Å². The zero-order chi connectivity index (χ0) is 19.5. The molecule has 0 spiro atoms. The normalized spacial score (nSPS) is 22.8. The van der Waals surface area contributed by atoms with Crippen molar-refractivity contribution in [3.8, 4) is 11.3 Å². The monoisotopic (exact) mass is 377 g/mol. The van der Waals surface area contributed by atoms with Gasteiger partial charge < -0.3 is 10.6 Å². The lowest BCUT2D eigenvalue weighted by Gasteiger charge is -2.22. The van der Waals surface area contributed by atoms with Crippen molar-refractivity contribution < 1.29 is 9.59 Å². The molecule has 2 aromatic rings. The zero-order valence-corrected chi connectivity index (χ0v) is 16.3. The van der Waals surface area contributed by atoms with Gasteiger partial charge in [0.2, 0.25) is 0 Å². The van der Waals surface area contributed by atoms with Gasteiger partial charge in [-0.1, -0.05) is 25.5 Å². The minimum Gasteiger partial charge on any atom is -0.352 e. The third-order valence-electron chi connectivity index (χ3n) is 6.06. The number of carbonyl (C=O) groups is 2. The SMILES string of the molecule is CCCNC(=O)c1cccnc1-c1ccc(C(=O)N[C@@H]2C[C@@H]3CC[C@H]2C3)cc1. The minimum atomic E-state index is -0.122. The molecule has 2 amide bonds. The molecule has 1 aromatic heterocycles. The molecule has 5 nitrogen and oxygen atoms in total. The fraction of sp³-hybridized carbons (Fsp3) is 0.435. The molecule has 2 N–H and O–H groups in total. The summed E-state index contributed by atoms with van der Waals surface area (Å²) in [5.41, 5.74) is 2.67. The summed E-state index contributed by atoms with van der Waals surface area (Å²) in [6.07, 6.45) is 7.53. The average Bonchev–Trinajstić information content (AvgIpc) is 3.35. The highest BCUT2D eigenvalue weighted by molar-refractivity contribution is 6.00. The van der Waals surface area contributed by atoms with Gasteiger partial charge >= 0.3 is 0 Å². The van der Waals surface area contributed by atoms with E-state index in [1.54, 1.807) is 18.3 Å². The number of fused-ring (bicyclic) bond motifs is 2. The summed E-state index contributed by atoms with van der Waals surface area (Å²) in [5, 5.41) is 6.12. The molecule has 146 valence electrons. The third-order valence-corrected chi connectivity index (χ3v) is 6.06. The highest BCUT2D eigenvalue weighted by Gasteiger charge is 2.40. The number of hydrogen-bond donors (Lipinski definition) is 2. The largest absolute Gasteiger partial charge is 0.352 e. The van der Waals surface area contributed by atoms with E-state index in [0.717, 1.165) is 24.3 Å². The number of hydrogen-bond acceptors (Lipinski definition) is 3. The van der Waals surface area contributed by atoms with Crippen LogP contribution < -0.4 is 10.6 Å². The summed E-state index contributed by atoms with van der Waals surface area (Å²) < 4.78 is 0. The van der Waals surface area contributed by atoms with Crippen molar-refractivity contribution >= 4 is 11.8 Å². The lowest BCUT2D eigenvalue weighted by atomic mass is 9.95. The van der Waals surface area contributed by atoms with Gasteiger partial charge in [0.25, 0.3) is 11.8 Å². The van der Waals surface area contributed by atoms with E-state index >= 15 is 0 Å². The number of aromatic nitrogens is 1. The van der Waals surface area contributed by atoms with Crippen LogP contribution in [0, 0.1) is 11.8 Å². The standard InChI is InChI=1S/C23H27N3O2/c1-2-11-25-23(28)19-4-3-12-24-21(19)16-7-9-17(10-8-16)22(27)26-20-14-15-5-6-18(20)13-15/h3-4,7-10,12,15,18,20H,2,5-6,11,13-14H2,1H3,(H,25,28)(H,26,27)/t15-,18+,20-/m1/s1. The van der Waals surface area contributed by atoms with E-state index in [9.17, 15) is 9.59 Å². The number of pyridine rings is 1. The summed E-state index contributed by atoms with van der Waals surface area (Å²) in [6.45, 7) is 2.65. The van der Waals surface area contributed by atoms with Crippen molar-refractivity contribution in [2.45, 2.75) is 45.1 Å². The molecule has 1 heterocycles.